The van der Waals surface area contributed by atoms with Crippen LogP contribution in [0.4, 0.5) is 0 Å². The number of nitrogens with one attached hydrogen (secondary N) is 1. The summed E-state index contributed by atoms with van der Waals surface area (Å²) in [4.78, 5) is 14.0. The Morgan fingerprint density at radius 1 is 0.630 bits per heavy atom. The van der Waals surface area contributed by atoms with E-state index in [-0.39, 0.29) is 16.4 Å². The molecule has 242 valence electrons. The van der Waals surface area contributed by atoms with E-state index in [0.717, 1.165) is 11.0 Å². The fourth-order valence-corrected chi connectivity index (χ4v) is 9.67. The molecule has 4 rings (SSSR count). The van der Waals surface area contributed by atoms with Gasteiger partial charge in [-0.2, -0.15) is 0 Å². The Labute approximate surface area is 272 Å². The van der Waals surface area contributed by atoms with Crippen LogP contribution in [0.3, 0.4) is 0 Å². The fraction of sp³-hybridized carbons (Fsp3) is 0.229. The molecule has 0 aromatic heterocycles. The minimum absolute atomic E-state index is 0.0700. The normalized spacial score (nSPS) is 13.8. The molecule has 8 nitrogen and oxygen atoms in total. The van der Waals surface area contributed by atoms with Gasteiger partial charge in [0.05, 0.1) is 39.9 Å². The van der Waals surface area contributed by atoms with Gasteiger partial charge in [-0.05, 0) is 34.9 Å². The minimum Gasteiger partial charge on any atom is -0.349 e. The highest BCUT2D eigenvalue weighted by molar-refractivity contribution is 7.94. The number of amides is 1. The van der Waals surface area contributed by atoms with Gasteiger partial charge in [-0.25, -0.2) is 25.3 Å². The van der Waals surface area contributed by atoms with Crippen molar-refractivity contribution in [3.05, 3.63) is 150 Å². The molecule has 0 saturated carbocycles. The van der Waals surface area contributed by atoms with Crippen molar-refractivity contribution in [1.82, 2.24) is 5.32 Å². The predicted octanol–water partition coefficient (Wildman–Crippen LogP) is 5.11. The van der Waals surface area contributed by atoms with Crippen LogP contribution < -0.4 is 5.32 Å². The van der Waals surface area contributed by atoms with E-state index in [1.54, 1.807) is 85.8 Å². The molecule has 2 atom stereocenters. The van der Waals surface area contributed by atoms with Crippen LogP contribution in [0, 0.1) is 5.92 Å². The summed E-state index contributed by atoms with van der Waals surface area (Å²) in [6, 6.07) is 32.9. The Morgan fingerprint density at radius 3 is 1.50 bits per heavy atom. The lowest BCUT2D eigenvalue weighted by atomic mass is 9.93. The Balaban J connectivity index is 1.66. The van der Waals surface area contributed by atoms with Gasteiger partial charge in [0.15, 0.2) is 29.5 Å². The number of rotatable bonds is 15. The first-order chi connectivity index (χ1) is 21.8. The van der Waals surface area contributed by atoms with Crippen molar-refractivity contribution < 1.29 is 30.0 Å². The van der Waals surface area contributed by atoms with Crippen molar-refractivity contribution in [2.75, 3.05) is 11.5 Å². The second-order valence-electron chi connectivity index (χ2n) is 11.2. The summed E-state index contributed by atoms with van der Waals surface area (Å²) >= 11 is 0. The zero-order valence-corrected chi connectivity index (χ0v) is 27.8. The lowest BCUT2D eigenvalue weighted by molar-refractivity contribution is -0.124. The summed E-state index contributed by atoms with van der Waals surface area (Å²) in [7, 11) is -11.8. The first-order valence-corrected chi connectivity index (χ1v) is 19.8. The highest BCUT2D eigenvalue weighted by atomic mass is 32.2. The van der Waals surface area contributed by atoms with Gasteiger partial charge < -0.3 is 5.32 Å². The zero-order valence-electron chi connectivity index (χ0n) is 25.3. The molecule has 0 fully saturated rings. The van der Waals surface area contributed by atoms with Crippen molar-refractivity contribution in [2.45, 2.75) is 35.3 Å². The van der Waals surface area contributed by atoms with Gasteiger partial charge in [0.2, 0.25) is 5.91 Å². The molecule has 0 radical (unpaired) electrons. The standard InChI is InChI=1S/C35H37NO7S3/c1-28(31-18-10-4-11-19-31)34(22-23-46(42,43)33-20-12-5-13-21-33)36-35(37)32(26-44(38,39)24-29-14-6-2-7-15-29)27-45(40,41)25-30-16-8-3-9-17-30/h2-23,28,32,34H,24-27H2,1H3,(H,36,37)/b23-22+. The van der Waals surface area contributed by atoms with Crippen LogP contribution in [0.1, 0.15) is 29.5 Å². The second kappa shape index (κ2) is 15.5. The maximum atomic E-state index is 13.9. The number of benzene rings is 4. The smallest absolute Gasteiger partial charge is 0.225 e. The SMILES string of the molecule is CC(c1ccccc1)C(/C=C/S(=O)(=O)c1ccccc1)NC(=O)C(CS(=O)(=O)Cc1ccccc1)CS(=O)(=O)Cc1ccccc1. The van der Waals surface area contributed by atoms with E-state index >= 15 is 0 Å². The van der Waals surface area contributed by atoms with E-state index in [9.17, 15) is 30.0 Å². The molecule has 11 heteroatoms. The molecule has 1 N–H and O–H groups in total. The van der Waals surface area contributed by atoms with Crippen LogP contribution >= 0.6 is 0 Å². The fourth-order valence-electron chi connectivity index (χ4n) is 5.05. The molecule has 1 amide bonds. The van der Waals surface area contributed by atoms with Gasteiger partial charge in [0.25, 0.3) is 0 Å². The third kappa shape index (κ3) is 10.5. The Bertz CT molecular complexity index is 1860. The van der Waals surface area contributed by atoms with Crippen LogP contribution in [0.25, 0.3) is 0 Å². The molecule has 0 aliphatic heterocycles. The quantitative estimate of drug-likeness (QED) is 0.185. The Kier molecular flexibility index (Phi) is 11.7. The number of hydrogen-bond donors (Lipinski definition) is 1. The lowest BCUT2D eigenvalue weighted by Crippen LogP contribution is -2.45. The zero-order chi connectivity index (χ0) is 33.2. The molecule has 0 saturated heterocycles. The summed E-state index contributed by atoms with van der Waals surface area (Å²) in [6.45, 7) is 1.80. The van der Waals surface area contributed by atoms with E-state index in [1.807, 2.05) is 30.3 Å². The average molecular weight is 680 g/mol. The van der Waals surface area contributed by atoms with Gasteiger partial charge in [-0.3, -0.25) is 4.79 Å². The van der Waals surface area contributed by atoms with Crippen molar-refractivity contribution >= 4 is 35.4 Å². The van der Waals surface area contributed by atoms with Gasteiger partial charge in [-0.1, -0.05) is 116 Å². The summed E-state index contributed by atoms with van der Waals surface area (Å²) < 4.78 is 79.5. The molecule has 0 spiro atoms. The van der Waals surface area contributed by atoms with Crippen molar-refractivity contribution in [2.24, 2.45) is 5.92 Å². The second-order valence-corrected chi connectivity index (χ2v) is 17.2. The molecule has 4 aromatic rings. The summed E-state index contributed by atoms with van der Waals surface area (Å²) in [5.41, 5.74) is 1.82. The largest absolute Gasteiger partial charge is 0.349 e. The van der Waals surface area contributed by atoms with Crippen LogP contribution in [0.15, 0.2) is 138 Å². The van der Waals surface area contributed by atoms with E-state index < -0.39 is 64.8 Å². The molecule has 46 heavy (non-hydrogen) atoms. The van der Waals surface area contributed by atoms with E-state index in [1.165, 1.54) is 18.2 Å². The molecule has 4 aromatic carbocycles. The number of sulfone groups is 3. The first-order valence-electron chi connectivity index (χ1n) is 14.7. The van der Waals surface area contributed by atoms with Gasteiger partial charge >= 0.3 is 0 Å². The highest BCUT2D eigenvalue weighted by Crippen LogP contribution is 2.23. The van der Waals surface area contributed by atoms with E-state index in [2.05, 4.69) is 5.32 Å². The average Bonchev–Trinajstić information content (AvgIpc) is 3.03. The van der Waals surface area contributed by atoms with Crippen LogP contribution in [0.2, 0.25) is 0 Å². The summed E-state index contributed by atoms with van der Waals surface area (Å²) in [5.74, 6) is -4.85. The van der Waals surface area contributed by atoms with Crippen molar-refractivity contribution in [3.63, 3.8) is 0 Å². The lowest BCUT2D eigenvalue weighted by Gasteiger charge is -2.26. The van der Waals surface area contributed by atoms with E-state index in [0.29, 0.717) is 11.1 Å². The third-order valence-corrected chi connectivity index (χ3v) is 12.3. The first kappa shape index (κ1) is 34.8. The molecular formula is C35H37NO7S3. The van der Waals surface area contributed by atoms with Gasteiger partial charge in [0, 0.05) is 11.3 Å². The van der Waals surface area contributed by atoms with Crippen LogP contribution in [0.5, 0.6) is 0 Å². The van der Waals surface area contributed by atoms with Gasteiger partial charge in [-0.15, -0.1) is 0 Å². The Morgan fingerprint density at radius 2 is 1.04 bits per heavy atom. The minimum atomic E-state index is -3.94. The number of carbonyl (C=O) groups is 1. The summed E-state index contributed by atoms with van der Waals surface area (Å²) in [6.07, 6.45) is 1.35. The molecule has 0 heterocycles. The number of carbonyl (C=O) groups excluding carboxylic acids is 1. The number of hydrogen-bond acceptors (Lipinski definition) is 7. The molecule has 0 aliphatic carbocycles. The third-order valence-electron chi connectivity index (χ3n) is 7.45. The highest BCUT2D eigenvalue weighted by Gasteiger charge is 2.33. The predicted molar refractivity (Wildman–Crippen MR) is 181 cm³/mol. The van der Waals surface area contributed by atoms with E-state index in [4.69, 9.17) is 0 Å². The molecular weight excluding hydrogens is 643 g/mol. The Hall–Kier alpha value is -4.06. The van der Waals surface area contributed by atoms with Crippen LogP contribution in [-0.4, -0.2) is 48.7 Å². The van der Waals surface area contributed by atoms with Gasteiger partial charge in [0.1, 0.15) is 0 Å². The monoisotopic (exact) mass is 679 g/mol. The maximum absolute atomic E-state index is 13.9. The van der Waals surface area contributed by atoms with Crippen molar-refractivity contribution in [3.8, 4) is 0 Å². The molecule has 2 unspecified atom stereocenters. The summed E-state index contributed by atoms with van der Waals surface area (Å²) in [5, 5.41) is 3.81. The topological polar surface area (TPSA) is 132 Å². The van der Waals surface area contributed by atoms with Crippen LogP contribution in [-0.2, 0) is 45.8 Å². The van der Waals surface area contributed by atoms with Crippen molar-refractivity contribution in [1.29, 1.82) is 0 Å². The maximum Gasteiger partial charge on any atom is 0.225 e. The molecule has 0 aliphatic rings. The molecule has 0 bridgehead atoms.